The van der Waals surface area contributed by atoms with Gasteiger partial charge in [-0.25, -0.2) is 0 Å². The van der Waals surface area contributed by atoms with Gasteiger partial charge in [0.05, 0.1) is 13.9 Å². The Kier molecular flexibility index (Phi) is 2.32. The molecular weight excluding hydrogens is 224 g/mol. The maximum absolute atomic E-state index is 10.7. The molecule has 0 saturated carbocycles. The van der Waals surface area contributed by atoms with E-state index in [1.165, 1.54) is 11.3 Å². The van der Waals surface area contributed by atoms with Crippen LogP contribution >= 0.6 is 35.6 Å². The summed E-state index contributed by atoms with van der Waals surface area (Å²) in [6.45, 7) is 0. The molecule has 0 aliphatic rings. The zero-order valence-electron chi connectivity index (χ0n) is 6.45. The molecule has 13 heavy (non-hydrogen) atoms. The summed E-state index contributed by atoms with van der Waals surface area (Å²) < 4.78 is 1.65. The maximum atomic E-state index is 10.7. The van der Waals surface area contributed by atoms with Crippen LogP contribution in [0.15, 0.2) is 22.4 Å². The standard InChI is InChI=1S/C9H5ClOS2/c10-7-3-1-2-5-6(4-11)9(12)13-8(5)7/h1-4,12H. The highest BCUT2D eigenvalue weighted by Gasteiger charge is 2.10. The van der Waals surface area contributed by atoms with Gasteiger partial charge in [-0.15, -0.1) is 24.0 Å². The quantitative estimate of drug-likeness (QED) is 0.582. The van der Waals surface area contributed by atoms with Crippen molar-refractivity contribution < 1.29 is 4.79 Å². The predicted octanol–water partition coefficient (Wildman–Crippen LogP) is 3.66. The first kappa shape index (κ1) is 9.06. The molecule has 0 amide bonds. The van der Waals surface area contributed by atoms with E-state index in [2.05, 4.69) is 12.6 Å². The van der Waals surface area contributed by atoms with Crippen LogP contribution in [0, 0.1) is 0 Å². The van der Waals surface area contributed by atoms with Crippen LogP contribution in [0.4, 0.5) is 0 Å². The zero-order valence-corrected chi connectivity index (χ0v) is 8.92. The molecule has 0 aliphatic heterocycles. The minimum Gasteiger partial charge on any atom is -0.298 e. The van der Waals surface area contributed by atoms with Crippen LogP contribution in [0.2, 0.25) is 5.02 Å². The molecule has 0 spiro atoms. The fourth-order valence-electron chi connectivity index (χ4n) is 1.21. The van der Waals surface area contributed by atoms with Gasteiger partial charge >= 0.3 is 0 Å². The van der Waals surface area contributed by atoms with Crippen LogP contribution in [-0.4, -0.2) is 6.29 Å². The van der Waals surface area contributed by atoms with Crippen LogP contribution in [0.1, 0.15) is 10.4 Å². The molecule has 2 rings (SSSR count). The fourth-order valence-corrected chi connectivity index (χ4v) is 2.86. The monoisotopic (exact) mass is 228 g/mol. The van der Waals surface area contributed by atoms with Crippen molar-refractivity contribution in [3.05, 3.63) is 28.8 Å². The van der Waals surface area contributed by atoms with Gasteiger partial charge in [-0.1, -0.05) is 23.7 Å². The molecule has 0 saturated heterocycles. The number of aldehydes is 1. The van der Waals surface area contributed by atoms with Crippen molar-refractivity contribution in [3.8, 4) is 0 Å². The molecule has 1 heterocycles. The van der Waals surface area contributed by atoms with Crippen LogP contribution in [0.25, 0.3) is 10.1 Å². The number of rotatable bonds is 1. The van der Waals surface area contributed by atoms with E-state index < -0.39 is 0 Å². The SMILES string of the molecule is O=Cc1c(S)sc2c(Cl)cccc12. The molecular formula is C9H5ClOS2. The van der Waals surface area contributed by atoms with Crippen LogP contribution in [-0.2, 0) is 0 Å². The van der Waals surface area contributed by atoms with Crippen molar-refractivity contribution in [3.63, 3.8) is 0 Å². The molecule has 0 unspecified atom stereocenters. The Hall–Kier alpha value is -0.510. The van der Waals surface area contributed by atoms with Gasteiger partial charge < -0.3 is 0 Å². The molecule has 0 aliphatic carbocycles. The zero-order chi connectivity index (χ0) is 9.42. The minimum atomic E-state index is 0.630. The summed E-state index contributed by atoms with van der Waals surface area (Å²) in [6, 6.07) is 5.51. The second-order valence-electron chi connectivity index (χ2n) is 2.56. The van der Waals surface area contributed by atoms with Gasteiger partial charge in [0.25, 0.3) is 0 Å². The first-order valence-electron chi connectivity index (χ1n) is 3.59. The highest BCUT2D eigenvalue weighted by Crippen LogP contribution is 2.36. The highest BCUT2D eigenvalue weighted by molar-refractivity contribution is 7.83. The van der Waals surface area contributed by atoms with Crippen molar-refractivity contribution in [1.29, 1.82) is 0 Å². The molecule has 1 nitrogen and oxygen atoms in total. The summed E-state index contributed by atoms with van der Waals surface area (Å²) in [7, 11) is 0. The molecule has 2 aromatic rings. The largest absolute Gasteiger partial charge is 0.298 e. The second-order valence-corrected chi connectivity index (χ2v) is 4.73. The smallest absolute Gasteiger partial charge is 0.152 e. The summed E-state index contributed by atoms with van der Waals surface area (Å²) in [5, 5.41) is 1.56. The lowest BCUT2D eigenvalue weighted by Gasteiger charge is -1.91. The Morgan fingerprint density at radius 3 is 2.92 bits per heavy atom. The predicted molar refractivity (Wildman–Crippen MR) is 59.5 cm³/mol. The molecule has 0 fully saturated rings. The molecule has 0 atom stereocenters. The molecule has 4 heteroatoms. The number of hydrogen-bond donors (Lipinski definition) is 1. The Labute approximate surface area is 89.7 Å². The Bertz CT molecular complexity index is 476. The van der Waals surface area contributed by atoms with Crippen molar-refractivity contribution in [1.82, 2.24) is 0 Å². The van der Waals surface area contributed by atoms with Gasteiger partial charge in [0, 0.05) is 10.9 Å². The summed E-state index contributed by atoms with van der Waals surface area (Å²) in [5.74, 6) is 0. The fraction of sp³-hybridized carbons (Fsp3) is 0. The number of benzene rings is 1. The van der Waals surface area contributed by atoms with E-state index in [4.69, 9.17) is 11.6 Å². The lowest BCUT2D eigenvalue weighted by Crippen LogP contribution is -1.76. The molecule has 0 radical (unpaired) electrons. The summed E-state index contributed by atoms with van der Waals surface area (Å²) in [5.41, 5.74) is 0.630. The Morgan fingerprint density at radius 2 is 2.23 bits per heavy atom. The van der Waals surface area contributed by atoms with E-state index in [1.54, 1.807) is 0 Å². The Morgan fingerprint density at radius 1 is 1.46 bits per heavy atom. The Balaban J connectivity index is 2.93. The first-order chi connectivity index (χ1) is 6.24. The van der Waals surface area contributed by atoms with Gasteiger partial charge in [-0.3, -0.25) is 4.79 Å². The second kappa shape index (κ2) is 3.33. The third kappa shape index (κ3) is 1.37. The van der Waals surface area contributed by atoms with Gasteiger partial charge in [0.2, 0.25) is 0 Å². The average Bonchev–Trinajstić information content (AvgIpc) is 2.43. The molecule has 1 aromatic carbocycles. The number of carbonyl (C=O) groups excluding carboxylic acids is 1. The summed E-state index contributed by atoms with van der Waals surface area (Å²) >= 11 is 11.6. The summed E-state index contributed by atoms with van der Waals surface area (Å²) in [6.07, 6.45) is 0.817. The number of thiol groups is 1. The lowest BCUT2D eigenvalue weighted by molar-refractivity contribution is 0.112. The molecule has 1 aromatic heterocycles. The van der Waals surface area contributed by atoms with Crippen molar-refractivity contribution in [2.45, 2.75) is 4.21 Å². The van der Waals surface area contributed by atoms with E-state index in [-0.39, 0.29) is 0 Å². The van der Waals surface area contributed by atoms with E-state index in [9.17, 15) is 4.79 Å². The van der Waals surface area contributed by atoms with Gasteiger partial charge in [-0.2, -0.15) is 0 Å². The lowest BCUT2D eigenvalue weighted by atomic mass is 10.2. The van der Waals surface area contributed by atoms with Gasteiger partial charge in [-0.05, 0) is 6.07 Å². The van der Waals surface area contributed by atoms with Crippen LogP contribution in [0.3, 0.4) is 0 Å². The minimum absolute atomic E-state index is 0.630. The number of thiophene rings is 1. The number of hydrogen-bond acceptors (Lipinski definition) is 3. The van der Waals surface area contributed by atoms with E-state index in [0.717, 1.165) is 20.6 Å². The van der Waals surface area contributed by atoms with E-state index >= 15 is 0 Å². The highest BCUT2D eigenvalue weighted by atomic mass is 35.5. The topological polar surface area (TPSA) is 17.1 Å². The average molecular weight is 229 g/mol. The van der Waals surface area contributed by atoms with E-state index in [1.807, 2.05) is 18.2 Å². The number of halogens is 1. The summed E-state index contributed by atoms with van der Waals surface area (Å²) in [4.78, 5) is 10.7. The van der Waals surface area contributed by atoms with Gasteiger partial charge in [0.1, 0.15) is 0 Å². The molecule has 66 valence electrons. The van der Waals surface area contributed by atoms with E-state index in [0.29, 0.717) is 10.6 Å². The third-order valence-corrected chi connectivity index (χ3v) is 3.80. The van der Waals surface area contributed by atoms with Crippen molar-refractivity contribution in [2.75, 3.05) is 0 Å². The molecule has 0 bridgehead atoms. The number of fused-ring (bicyclic) bond motifs is 1. The third-order valence-electron chi connectivity index (χ3n) is 1.80. The van der Waals surface area contributed by atoms with Gasteiger partial charge in [0.15, 0.2) is 6.29 Å². The van der Waals surface area contributed by atoms with Crippen molar-refractivity contribution in [2.24, 2.45) is 0 Å². The normalized spacial score (nSPS) is 10.6. The van der Waals surface area contributed by atoms with Crippen molar-refractivity contribution >= 4 is 51.9 Å². The van der Waals surface area contributed by atoms with Crippen LogP contribution < -0.4 is 0 Å². The molecule has 0 N–H and O–H groups in total. The number of carbonyl (C=O) groups is 1. The van der Waals surface area contributed by atoms with Crippen LogP contribution in [0.5, 0.6) is 0 Å². The maximum Gasteiger partial charge on any atom is 0.152 e. The first-order valence-corrected chi connectivity index (χ1v) is 5.23.